The smallest absolute Gasteiger partial charge is 0.189 e. The molecule has 0 saturated carbocycles. The lowest BCUT2D eigenvalue weighted by Gasteiger charge is -1.94. The van der Waals surface area contributed by atoms with Crippen molar-refractivity contribution in [3.63, 3.8) is 0 Å². The quantitative estimate of drug-likeness (QED) is 0.537. The zero-order chi connectivity index (χ0) is 14.7. The number of carbonyl (C=O) groups excluding carboxylic acids is 1. The molecule has 3 rings (SSSR count). The van der Waals surface area contributed by atoms with E-state index < -0.39 is 0 Å². The van der Waals surface area contributed by atoms with Crippen LogP contribution in [-0.2, 0) is 7.05 Å². The molecule has 0 aliphatic heterocycles. The lowest BCUT2D eigenvalue weighted by molar-refractivity contribution is 0.104. The van der Waals surface area contributed by atoms with Gasteiger partial charge in [0.2, 0.25) is 0 Å². The fraction of sp³-hybridized carbons (Fsp3) is 0.0588. The summed E-state index contributed by atoms with van der Waals surface area (Å²) in [7, 11) is 1.80. The van der Waals surface area contributed by atoms with Crippen LogP contribution in [0.15, 0.2) is 60.9 Å². The van der Waals surface area contributed by atoms with Gasteiger partial charge in [0.1, 0.15) is 0 Å². The standard InChI is InChI=1S/C17H14N2OS/c1-19-12-14(11-18-19)16(20)9-7-15-8-10-17(21-15)13-5-3-2-4-6-13/h2-12H,1H3/b9-7+. The zero-order valence-corrected chi connectivity index (χ0v) is 12.4. The molecule has 0 spiro atoms. The normalized spacial score (nSPS) is 11.1. The van der Waals surface area contributed by atoms with Crippen molar-refractivity contribution < 1.29 is 4.79 Å². The van der Waals surface area contributed by atoms with Gasteiger partial charge in [-0.25, -0.2) is 0 Å². The summed E-state index contributed by atoms with van der Waals surface area (Å²) in [6.07, 6.45) is 6.75. The van der Waals surface area contributed by atoms with Gasteiger partial charge in [0.05, 0.1) is 11.8 Å². The minimum absolute atomic E-state index is 0.0299. The Labute approximate surface area is 127 Å². The molecule has 0 atom stereocenters. The molecule has 2 aromatic heterocycles. The van der Waals surface area contributed by atoms with Crippen LogP contribution < -0.4 is 0 Å². The Bertz CT molecular complexity index is 784. The third kappa shape index (κ3) is 3.17. The monoisotopic (exact) mass is 294 g/mol. The predicted molar refractivity (Wildman–Crippen MR) is 86.3 cm³/mol. The van der Waals surface area contributed by atoms with Crippen LogP contribution in [0, 0.1) is 0 Å². The van der Waals surface area contributed by atoms with E-state index in [1.165, 1.54) is 10.4 Å². The van der Waals surface area contributed by atoms with Crippen LogP contribution in [0.5, 0.6) is 0 Å². The fourth-order valence-electron chi connectivity index (χ4n) is 2.00. The van der Waals surface area contributed by atoms with Gasteiger partial charge in [0, 0.05) is 23.0 Å². The molecule has 3 aromatic rings. The highest BCUT2D eigenvalue weighted by molar-refractivity contribution is 7.16. The number of ketones is 1. The highest BCUT2D eigenvalue weighted by Gasteiger charge is 2.04. The van der Waals surface area contributed by atoms with Crippen LogP contribution in [0.25, 0.3) is 16.5 Å². The Morgan fingerprint density at radius 1 is 1.19 bits per heavy atom. The van der Waals surface area contributed by atoms with E-state index in [0.29, 0.717) is 5.56 Å². The maximum Gasteiger partial charge on any atom is 0.189 e. The molecular formula is C17H14N2OS. The molecular weight excluding hydrogens is 280 g/mol. The average Bonchev–Trinajstić information content (AvgIpc) is 3.15. The summed E-state index contributed by atoms with van der Waals surface area (Å²) in [5.41, 5.74) is 1.80. The largest absolute Gasteiger partial charge is 0.289 e. The third-order valence-corrected chi connectivity index (χ3v) is 4.17. The molecule has 4 heteroatoms. The van der Waals surface area contributed by atoms with Gasteiger partial charge in [-0.15, -0.1) is 11.3 Å². The molecule has 0 unspecified atom stereocenters. The molecule has 0 saturated heterocycles. The van der Waals surface area contributed by atoms with Crippen LogP contribution in [0.2, 0.25) is 0 Å². The van der Waals surface area contributed by atoms with E-state index in [2.05, 4.69) is 23.3 Å². The Balaban J connectivity index is 1.75. The maximum absolute atomic E-state index is 12.0. The first-order valence-electron chi connectivity index (χ1n) is 6.59. The maximum atomic E-state index is 12.0. The first-order valence-corrected chi connectivity index (χ1v) is 7.40. The highest BCUT2D eigenvalue weighted by Crippen LogP contribution is 2.28. The summed E-state index contributed by atoms with van der Waals surface area (Å²) in [4.78, 5) is 14.2. The minimum Gasteiger partial charge on any atom is -0.289 e. The minimum atomic E-state index is -0.0299. The van der Waals surface area contributed by atoms with Gasteiger partial charge in [0.25, 0.3) is 0 Å². The van der Waals surface area contributed by atoms with Crippen molar-refractivity contribution >= 4 is 23.2 Å². The molecule has 0 fully saturated rings. The van der Waals surface area contributed by atoms with Gasteiger partial charge in [0.15, 0.2) is 5.78 Å². The predicted octanol–water partition coefficient (Wildman–Crippen LogP) is 4.04. The van der Waals surface area contributed by atoms with Crippen LogP contribution in [0.3, 0.4) is 0 Å². The lowest BCUT2D eigenvalue weighted by Crippen LogP contribution is -1.91. The van der Waals surface area contributed by atoms with E-state index in [1.807, 2.05) is 30.3 Å². The zero-order valence-electron chi connectivity index (χ0n) is 11.6. The van der Waals surface area contributed by atoms with Gasteiger partial charge < -0.3 is 0 Å². The van der Waals surface area contributed by atoms with E-state index in [9.17, 15) is 4.79 Å². The summed E-state index contributed by atoms with van der Waals surface area (Å²) >= 11 is 1.67. The molecule has 0 bridgehead atoms. The van der Waals surface area contributed by atoms with E-state index in [4.69, 9.17) is 0 Å². The van der Waals surface area contributed by atoms with E-state index in [0.717, 1.165) is 4.88 Å². The molecule has 0 aliphatic rings. The van der Waals surface area contributed by atoms with Crippen molar-refractivity contribution in [2.45, 2.75) is 0 Å². The molecule has 0 aliphatic carbocycles. The number of hydrogen-bond acceptors (Lipinski definition) is 3. The number of rotatable bonds is 4. The van der Waals surface area contributed by atoms with Gasteiger partial charge in [-0.2, -0.15) is 5.10 Å². The Kier molecular flexibility index (Phi) is 3.79. The SMILES string of the molecule is Cn1cc(C(=O)/C=C/c2ccc(-c3ccccc3)s2)cn1. The molecule has 0 amide bonds. The van der Waals surface area contributed by atoms with E-state index in [-0.39, 0.29) is 5.78 Å². The van der Waals surface area contributed by atoms with Crippen molar-refractivity contribution in [2.24, 2.45) is 7.05 Å². The van der Waals surface area contributed by atoms with Crippen molar-refractivity contribution in [2.75, 3.05) is 0 Å². The summed E-state index contributed by atoms with van der Waals surface area (Å²) in [5.74, 6) is -0.0299. The summed E-state index contributed by atoms with van der Waals surface area (Å²) in [5, 5.41) is 4.00. The number of benzene rings is 1. The first-order chi connectivity index (χ1) is 10.2. The van der Waals surface area contributed by atoms with Gasteiger partial charge >= 0.3 is 0 Å². The first kappa shape index (κ1) is 13.5. The molecule has 104 valence electrons. The van der Waals surface area contributed by atoms with E-state index >= 15 is 0 Å². The Morgan fingerprint density at radius 2 is 2.00 bits per heavy atom. The number of nitrogens with zero attached hydrogens (tertiary/aromatic N) is 2. The van der Waals surface area contributed by atoms with Gasteiger partial charge in [-0.1, -0.05) is 30.3 Å². The molecule has 21 heavy (non-hydrogen) atoms. The second kappa shape index (κ2) is 5.89. The number of carbonyl (C=O) groups is 1. The van der Waals surface area contributed by atoms with Crippen LogP contribution in [-0.4, -0.2) is 15.6 Å². The second-order valence-electron chi connectivity index (χ2n) is 4.67. The van der Waals surface area contributed by atoms with Crippen molar-refractivity contribution in [1.29, 1.82) is 0 Å². The van der Waals surface area contributed by atoms with Crippen molar-refractivity contribution in [3.05, 3.63) is 71.4 Å². The lowest BCUT2D eigenvalue weighted by atomic mass is 10.2. The number of hydrogen-bond donors (Lipinski definition) is 0. The second-order valence-corrected chi connectivity index (χ2v) is 5.78. The molecule has 0 N–H and O–H groups in total. The number of aryl methyl sites for hydroxylation is 1. The summed E-state index contributed by atoms with van der Waals surface area (Å²) in [6.45, 7) is 0. The van der Waals surface area contributed by atoms with Gasteiger partial charge in [-0.3, -0.25) is 9.48 Å². The fourth-order valence-corrected chi connectivity index (χ4v) is 2.92. The summed E-state index contributed by atoms with van der Waals surface area (Å²) < 4.78 is 1.62. The molecule has 0 radical (unpaired) electrons. The van der Waals surface area contributed by atoms with Crippen molar-refractivity contribution in [3.8, 4) is 10.4 Å². The third-order valence-electron chi connectivity index (χ3n) is 3.07. The topological polar surface area (TPSA) is 34.9 Å². The summed E-state index contributed by atoms with van der Waals surface area (Å²) in [6, 6.07) is 14.3. The van der Waals surface area contributed by atoms with Gasteiger partial charge in [-0.05, 0) is 29.8 Å². The Morgan fingerprint density at radius 3 is 2.71 bits per heavy atom. The van der Waals surface area contributed by atoms with E-state index in [1.54, 1.807) is 41.5 Å². The molecule has 2 heterocycles. The van der Waals surface area contributed by atoms with Crippen LogP contribution in [0.4, 0.5) is 0 Å². The van der Waals surface area contributed by atoms with Crippen molar-refractivity contribution in [1.82, 2.24) is 9.78 Å². The highest BCUT2D eigenvalue weighted by atomic mass is 32.1. The number of allylic oxidation sites excluding steroid dienone is 1. The molecule has 3 nitrogen and oxygen atoms in total. The number of aromatic nitrogens is 2. The average molecular weight is 294 g/mol. The molecule has 1 aromatic carbocycles. The Hall–Kier alpha value is -2.46. The van der Waals surface area contributed by atoms with Crippen LogP contribution in [0.1, 0.15) is 15.2 Å². The number of thiophene rings is 1. The van der Waals surface area contributed by atoms with Crippen LogP contribution >= 0.6 is 11.3 Å².